The van der Waals surface area contributed by atoms with Crippen molar-refractivity contribution < 1.29 is 9.18 Å². The first kappa shape index (κ1) is 17.9. The van der Waals surface area contributed by atoms with Crippen LogP contribution in [0, 0.1) is 16.6 Å². The smallest absolute Gasteiger partial charge is 0.244 e. The molecular weight excluding hydrogens is 331 g/mol. The highest BCUT2D eigenvalue weighted by molar-refractivity contribution is 5.84. The van der Waals surface area contributed by atoms with Gasteiger partial charge in [-0.25, -0.2) is 4.39 Å². The minimum Gasteiger partial charge on any atom is -0.340 e. The van der Waals surface area contributed by atoms with Crippen molar-refractivity contribution in [1.29, 1.82) is 0 Å². The van der Waals surface area contributed by atoms with Gasteiger partial charge in [0.1, 0.15) is 11.9 Å². The van der Waals surface area contributed by atoms with Gasteiger partial charge in [-0.2, -0.15) is 0 Å². The molecule has 0 aliphatic carbocycles. The van der Waals surface area contributed by atoms with Gasteiger partial charge in [-0.15, -0.1) is 0 Å². The van der Waals surface area contributed by atoms with Crippen molar-refractivity contribution in [3.63, 3.8) is 0 Å². The van der Waals surface area contributed by atoms with Crippen LogP contribution in [0.25, 0.3) is 0 Å². The van der Waals surface area contributed by atoms with Crippen molar-refractivity contribution in [2.45, 2.75) is 6.04 Å². The first-order valence-electron chi connectivity index (χ1n) is 9.33. The van der Waals surface area contributed by atoms with Crippen LogP contribution < -0.4 is 0 Å². The highest BCUT2D eigenvalue weighted by Crippen LogP contribution is 2.56. The number of rotatable bonds is 3. The summed E-state index contributed by atoms with van der Waals surface area (Å²) < 4.78 is 13.3. The summed E-state index contributed by atoms with van der Waals surface area (Å²) in [6.07, 6.45) is 0. The van der Waals surface area contributed by atoms with Crippen molar-refractivity contribution in [2.24, 2.45) is 10.8 Å². The summed E-state index contributed by atoms with van der Waals surface area (Å²) in [4.78, 5) is 22.3. The van der Waals surface area contributed by atoms with E-state index in [9.17, 15) is 9.18 Å². The van der Waals surface area contributed by atoms with Gasteiger partial charge in [-0.1, -0.05) is 12.1 Å². The van der Waals surface area contributed by atoms with Crippen LogP contribution >= 0.6 is 0 Å². The Balaban J connectivity index is 1.60. The monoisotopic (exact) mass is 360 g/mol. The molecule has 1 amide bonds. The Kier molecular flexibility index (Phi) is 4.13. The van der Waals surface area contributed by atoms with E-state index >= 15 is 0 Å². The SMILES string of the molecule is CN1CC23CN(C)CC2(C1)CN(C(=O)[C@@H](c1ccc(F)cc1)N(C)C)C3. The van der Waals surface area contributed by atoms with E-state index in [-0.39, 0.29) is 28.6 Å². The van der Waals surface area contributed by atoms with Crippen LogP contribution in [-0.2, 0) is 4.79 Å². The van der Waals surface area contributed by atoms with Crippen LogP contribution in [0.5, 0.6) is 0 Å². The van der Waals surface area contributed by atoms with E-state index in [1.54, 1.807) is 12.1 Å². The Morgan fingerprint density at radius 2 is 1.42 bits per heavy atom. The molecule has 3 heterocycles. The number of amides is 1. The number of benzene rings is 1. The molecule has 0 spiro atoms. The Hall–Kier alpha value is -1.50. The maximum absolute atomic E-state index is 13.5. The molecule has 4 rings (SSSR count). The summed E-state index contributed by atoms with van der Waals surface area (Å²) in [5.74, 6) is -0.130. The first-order chi connectivity index (χ1) is 12.3. The molecule has 0 bridgehead atoms. The minimum absolute atomic E-state index is 0.141. The zero-order chi connectivity index (χ0) is 18.7. The fraction of sp³-hybridized carbons (Fsp3) is 0.650. The van der Waals surface area contributed by atoms with Crippen molar-refractivity contribution in [2.75, 3.05) is 67.5 Å². The number of carbonyl (C=O) groups is 1. The van der Waals surface area contributed by atoms with Crippen molar-refractivity contribution in [3.8, 4) is 0 Å². The second-order valence-electron chi connectivity index (χ2n) is 9.02. The van der Waals surface area contributed by atoms with Crippen LogP contribution in [-0.4, -0.2) is 93.0 Å². The third-order valence-corrected chi connectivity index (χ3v) is 6.65. The molecule has 5 nitrogen and oxygen atoms in total. The number of carbonyl (C=O) groups excluding carboxylic acids is 1. The zero-order valence-corrected chi connectivity index (χ0v) is 16.2. The van der Waals surface area contributed by atoms with Gasteiger partial charge >= 0.3 is 0 Å². The lowest BCUT2D eigenvalue weighted by molar-refractivity contribution is -0.136. The molecule has 1 atom stereocenters. The third kappa shape index (κ3) is 2.58. The lowest BCUT2D eigenvalue weighted by Gasteiger charge is -2.32. The van der Waals surface area contributed by atoms with E-state index in [4.69, 9.17) is 0 Å². The van der Waals surface area contributed by atoms with Crippen LogP contribution in [0.2, 0.25) is 0 Å². The van der Waals surface area contributed by atoms with E-state index in [0.717, 1.165) is 44.8 Å². The molecule has 6 heteroatoms. The van der Waals surface area contributed by atoms with E-state index in [1.807, 2.05) is 19.0 Å². The largest absolute Gasteiger partial charge is 0.340 e. The number of nitrogens with zero attached hydrogens (tertiary/aromatic N) is 4. The maximum Gasteiger partial charge on any atom is 0.244 e. The number of hydrogen-bond acceptors (Lipinski definition) is 4. The van der Waals surface area contributed by atoms with Gasteiger partial charge in [0.25, 0.3) is 0 Å². The summed E-state index contributed by atoms with van der Waals surface area (Å²) >= 11 is 0. The second kappa shape index (κ2) is 6.01. The molecule has 0 radical (unpaired) electrons. The highest BCUT2D eigenvalue weighted by atomic mass is 19.1. The number of likely N-dealkylation sites (tertiary alicyclic amines) is 3. The number of halogens is 1. The predicted molar refractivity (Wildman–Crippen MR) is 99.3 cm³/mol. The average Bonchev–Trinajstić information content (AvgIpc) is 3.04. The van der Waals surface area contributed by atoms with Gasteiger partial charge in [0.15, 0.2) is 0 Å². The van der Waals surface area contributed by atoms with Crippen molar-refractivity contribution in [1.82, 2.24) is 19.6 Å². The topological polar surface area (TPSA) is 30.0 Å². The molecule has 3 saturated heterocycles. The number of hydrogen-bond donors (Lipinski definition) is 0. The fourth-order valence-corrected chi connectivity index (χ4v) is 5.91. The summed E-state index contributed by atoms with van der Waals surface area (Å²) in [6.45, 7) is 5.89. The van der Waals surface area contributed by atoms with Gasteiger partial charge in [-0.05, 0) is 45.9 Å². The molecule has 0 unspecified atom stereocenters. The van der Waals surface area contributed by atoms with Crippen molar-refractivity contribution in [3.05, 3.63) is 35.6 Å². The molecule has 3 fully saturated rings. The average molecular weight is 360 g/mol. The number of likely N-dealkylation sites (N-methyl/N-ethyl adjacent to an activating group) is 1. The van der Waals surface area contributed by atoms with E-state index in [0.29, 0.717) is 0 Å². The predicted octanol–water partition coefficient (Wildman–Crippen LogP) is 1.13. The summed E-state index contributed by atoms with van der Waals surface area (Å²) in [7, 11) is 8.23. The van der Waals surface area contributed by atoms with Crippen LogP contribution in [0.1, 0.15) is 11.6 Å². The Morgan fingerprint density at radius 3 is 1.85 bits per heavy atom. The second-order valence-corrected chi connectivity index (χ2v) is 9.02. The fourth-order valence-electron chi connectivity index (χ4n) is 5.91. The lowest BCUT2D eigenvalue weighted by Crippen LogP contribution is -2.44. The normalized spacial score (nSPS) is 32.9. The maximum atomic E-state index is 13.5. The third-order valence-electron chi connectivity index (χ3n) is 6.65. The van der Waals surface area contributed by atoms with Gasteiger partial charge in [0, 0.05) is 50.1 Å². The summed E-state index contributed by atoms with van der Waals surface area (Å²) in [5.41, 5.74) is 1.23. The standard InChI is InChI=1S/C20H29FN4O/c1-22(2)17(15-5-7-16(21)8-6-15)18(26)25-13-19-9-23(3)10-20(19,14-25)12-24(4)11-19/h5-8,17H,9-14H2,1-4H3/t17-,19?,20?/m1/s1. The quantitative estimate of drug-likeness (QED) is 0.809. The van der Waals surface area contributed by atoms with Gasteiger partial charge in [0.2, 0.25) is 5.91 Å². The van der Waals surface area contributed by atoms with E-state index in [2.05, 4.69) is 28.8 Å². The van der Waals surface area contributed by atoms with E-state index < -0.39 is 0 Å². The molecule has 0 N–H and O–H groups in total. The Morgan fingerprint density at radius 1 is 0.962 bits per heavy atom. The molecule has 0 aromatic heterocycles. The molecule has 0 saturated carbocycles. The lowest BCUT2D eigenvalue weighted by atomic mass is 9.71. The van der Waals surface area contributed by atoms with Crippen molar-refractivity contribution >= 4 is 5.91 Å². The molecule has 3 aliphatic rings. The molecule has 142 valence electrons. The minimum atomic E-state index is -0.363. The zero-order valence-electron chi connectivity index (χ0n) is 16.2. The van der Waals surface area contributed by atoms with Crippen LogP contribution in [0.15, 0.2) is 24.3 Å². The van der Waals surface area contributed by atoms with Gasteiger partial charge in [-0.3, -0.25) is 9.69 Å². The molecule has 1 aromatic rings. The summed E-state index contributed by atoms with van der Waals surface area (Å²) in [6, 6.07) is 5.97. The van der Waals surface area contributed by atoms with Gasteiger partial charge < -0.3 is 14.7 Å². The molecule has 26 heavy (non-hydrogen) atoms. The Labute approximate surface area is 155 Å². The Bertz CT molecular complexity index is 666. The van der Waals surface area contributed by atoms with Crippen LogP contribution in [0.3, 0.4) is 0 Å². The highest BCUT2D eigenvalue weighted by Gasteiger charge is 2.66. The van der Waals surface area contributed by atoms with Gasteiger partial charge in [0.05, 0.1) is 0 Å². The van der Waals surface area contributed by atoms with Crippen LogP contribution in [0.4, 0.5) is 4.39 Å². The first-order valence-corrected chi connectivity index (χ1v) is 9.33. The summed E-state index contributed by atoms with van der Waals surface area (Å²) in [5, 5.41) is 0. The molecule has 3 aliphatic heterocycles. The molecule has 1 aromatic carbocycles. The molecular formula is C20H29FN4O. The van der Waals surface area contributed by atoms with E-state index in [1.165, 1.54) is 12.1 Å².